The largest absolute Gasteiger partial charge is 0.350 e. The molecule has 1 amide bonds. The first-order valence-corrected chi connectivity index (χ1v) is 8.60. The van der Waals surface area contributed by atoms with Crippen molar-refractivity contribution in [2.24, 2.45) is 0 Å². The number of aromatic nitrogens is 3. The molecule has 2 heterocycles. The number of carbonyl (C=O) groups excluding carboxylic acids is 1. The van der Waals surface area contributed by atoms with Crippen LogP contribution in [0.5, 0.6) is 0 Å². The number of amides is 1. The Morgan fingerprint density at radius 2 is 1.85 bits per heavy atom. The molecule has 0 aliphatic heterocycles. The minimum atomic E-state index is -0.365. The lowest BCUT2D eigenvalue weighted by molar-refractivity contribution is 0.0987. The van der Waals surface area contributed by atoms with Crippen molar-refractivity contribution < 1.29 is 9.32 Å². The van der Waals surface area contributed by atoms with Crippen molar-refractivity contribution in [2.75, 3.05) is 5.32 Å². The van der Waals surface area contributed by atoms with E-state index in [0.717, 1.165) is 16.7 Å². The topological polar surface area (TPSA) is 73.0 Å². The van der Waals surface area contributed by atoms with Crippen molar-refractivity contribution in [2.45, 2.75) is 13.5 Å². The van der Waals surface area contributed by atoms with Gasteiger partial charge in [-0.3, -0.25) is 4.79 Å². The Morgan fingerprint density at radius 3 is 2.63 bits per heavy atom. The predicted octanol–water partition coefficient (Wildman–Crippen LogP) is 4.15. The van der Waals surface area contributed by atoms with Crippen molar-refractivity contribution >= 4 is 11.7 Å². The first kappa shape index (κ1) is 16.8. The molecule has 0 atom stereocenters. The molecule has 0 unspecified atom stereocenters. The van der Waals surface area contributed by atoms with E-state index in [1.54, 1.807) is 23.0 Å². The second kappa shape index (κ2) is 7.29. The molecule has 6 nitrogen and oxygen atoms in total. The summed E-state index contributed by atoms with van der Waals surface area (Å²) in [5.41, 5.74) is 3.78. The van der Waals surface area contributed by atoms with Crippen LogP contribution in [0, 0.1) is 6.92 Å². The lowest BCUT2D eigenvalue weighted by Gasteiger charge is -2.07. The molecular formula is C21H18N4O2. The minimum Gasteiger partial charge on any atom is -0.350 e. The summed E-state index contributed by atoms with van der Waals surface area (Å²) in [5.74, 6) is 0.380. The van der Waals surface area contributed by atoms with E-state index < -0.39 is 0 Å². The zero-order chi connectivity index (χ0) is 18.6. The average molecular weight is 358 g/mol. The van der Waals surface area contributed by atoms with Crippen LogP contribution in [-0.4, -0.2) is 20.8 Å². The van der Waals surface area contributed by atoms with Gasteiger partial charge in [-0.05, 0) is 12.5 Å². The number of hydrogen-bond donors (Lipinski definition) is 1. The Kier molecular flexibility index (Phi) is 4.53. The summed E-state index contributed by atoms with van der Waals surface area (Å²) in [7, 11) is 0. The van der Waals surface area contributed by atoms with Crippen LogP contribution in [0.15, 0.2) is 77.4 Å². The highest BCUT2D eigenvalue weighted by Gasteiger charge is 2.16. The second-order valence-corrected chi connectivity index (χ2v) is 6.26. The van der Waals surface area contributed by atoms with Crippen LogP contribution in [0.1, 0.15) is 21.7 Å². The highest BCUT2D eigenvalue weighted by atomic mass is 16.5. The van der Waals surface area contributed by atoms with Gasteiger partial charge in [0.25, 0.3) is 5.91 Å². The summed E-state index contributed by atoms with van der Waals surface area (Å²) >= 11 is 0. The molecule has 0 spiro atoms. The van der Waals surface area contributed by atoms with Gasteiger partial charge in [0.15, 0.2) is 0 Å². The number of anilines is 1. The van der Waals surface area contributed by atoms with Gasteiger partial charge in [-0.2, -0.15) is 5.10 Å². The summed E-state index contributed by atoms with van der Waals surface area (Å²) in [4.78, 5) is 12.5. The second-order valence-electron chi connectivity index (χ2n) is 6.26. The Morgan fingerprint density at radius 1 is 1.07 bits per heavy atom. The summed E-state index contributed by atoms with van der Waals surface area (Å²) in [6.07, 6.45) is 1.65. The van der Waals surface area contributed by atoms with Gasteiger partial charge in [-0.15, -0.1) is 0 Å². The lowest BCUT2D eigenvalue weighted by Crippen LogP contribution is -2.15. The molecule has 0 bridgehead atoms. The molecule has 0 aliphatic carbocycles. The summed E-state index contributed by atoms with van der Waals surface area (Å²) < 4.78 is 6.95. The number of nitrogens with one attached hydrogen (secondary N) is 1. The van der Waals surface area contributed by atoms with E-state index in [2.05, 4.69) is 15.6 Å². The van der Waals surface area contributed by atoms with E-state index in [1.165, 1.54) is 0 Å². The quantitative estimate of drug-likeness (QED) is 0.582. The minimum absolute atomic E-state index is 0.151. The van der Waals surface area contributed by atoms with Crippen molar-refractivity contribution in [3.8, 4) is 11.3 Å². The van der Waals surface area contributed by atoms with Gasteiger partial charge >= 0.3 is 0 Å². The third kappa shape index (κ3) is 3.79. The lowest BCUT2D eigenvalue weighted by atomic mass is 10.1. The third-order valence-corrected chi connectivity index (χ3v) is 4.21. The Balaban J connectivity index is 1.49. The molecule has 6 heteroatoms. The van der Waals surface area contributed by atoms with E-state index in [9.17, 15) is 4.79 Å². The van der Waals surface area contributed by atoms with Crippen molar-refractivity contribution in [1.82, 2.24) is 14.9 Å². The van der Waals surface area contributed by atoms with E-state index >= 15 is 0 Å². The van der Waals surface area contributed by atoms with Crippen molar-refractivity contribution in [3.05, 3.63) is 89.8 Å². The zero-order valence-electron chi connectivity index (χ0n) is 14.8. The molecule has 0 fully saturated rings. The number of hydrogen-bond acceptors (Lipinski definition) is 4. The van der Waals surface area contributed by atoms with E-state index in [0.29, 0.717) is 18.1 Å². The summed E-state index contributed by atoms with van der Waals surface area (Å²) in [6.45, 7) is 2.58. The van der Waals surface area contributed by atoms with Crippen LogP contribution in [0.2, 0.25) is 0 Å². The van der Waals surface area contributed by atoms with Crippen molar-refractivity contribution in [1.29, 1.82) is 0 Å². The van der Waals surface area contributed by atoms with Gasteiger partial charge in [-0.1, -0.05) is 65.3 Å². The molecule has 1 N–H and O–H groups in total. The SMILES string of the molecule is Cc1ccc(-c2cc(C(=O)Nc3ccnn3Cc3ccccc3)on2)cc1. The van der Waals surface area contributed by atoms with Crippen LogP contribution in [0.4, 0.5) is 5.82 Å². The molecule has 2 aromatic heterocycles. The van der Waals surface area contributed by atoms with Gasteiger partial charge in [0.1, 0.15) is 11.5 Å². The van der Waals surface area contributed by atoms with Crippen LogP contribution < -0.4 is 5.32 Å². The number of aryl methyl sites for hydroxylation is 1. The zero-order valence-corrected chi connectivity index (χ0v) is 14.8. The van der Waals surface area contributed by atoms with Crippen LogP contribution in [0.25, 0.3) is 11.3 Å². The predicted molar refractivity (Wildman–Crippen MR) is 102 cm³/mol. The van der Waals surface area contributed by atoms with Gasteiger partial charge in [-0.25, -0.2) is 4.68 Å². The Labute approximate surface area is 156 Å². The fraction of sp³-hybridized carbons (Fsp3) is 0.0952. The molecule has 4 aromatic rings. The number of rotatable bonds is 5. The Bertz CT molecular complexity index is 1050. The van der Waals surface area contributed by atoms with Crippen LogP contribution in [-0.2, 0) is 6.54 Å². The fourth-order valence-electron chi connectivity index (χ4n) is 2.74. The molecule has 0 saturated carbocycles. The third-order valence-electron chi connectivity index (χ3n) is 4.21. The van der Waals surface area contributed by atoms with Gasteiger partial charge in [0.05, 0.1) is 12.7 Å². The maximum atomic E-state index is 12.5. The van der Waals surface area contributed by atoms with E-state index in [-0.39, 0.29) is 11.7 Å². The van der Waals surface area contributed by atoms with Gasteiger partial charge in [0, 0.05) is 17.7 Å². The number of benzene rings is 2. The molecular weight excluding hydrogens is 340 g/mol. The Hall–Kier alpha value is -3.67. The molecule has 0 radical (unpaired) electrons. The molecule has 4 rings (SSSR count). The standard InChI is InChI=1S/C21H18N4O2/c1-15-7-9-17(10-8-15)18-13-19(27-24-18)21(26)23-20-11-12-22-25(20)14-16-5-3-2-4-6-16/h2-13H,14H2,1H3,(H,23,26). The van der Waals surface area contributed by atoms with Crippen LogP contribution >= 0.6 is 0 Å². The first-order valence-electron chi connectivity index (χ1n) is 8.60. The van der Waals surface area contributed by atoms with Crippen molar-refractivity contribution in [3.63, 3.8) is 0 Å². The molecule has 0 aliphatic rings. The monoisotopic (exact) mass is 358 g/mol. The highest BCUT2D eigenvalue weighted by Crippen LogP contribution is 2.20. The molecule has 0 saturated heterocycles. The highest BCUT2D eigenvalue weighted by molar-refractivity contribution is 6.02. The fourth-order valence-corrected chi connectivity index (χ4v) is 2.74. The summed E-state index contributed by atoms with van der Waals surface area (Å²) in [5, 5.41) is 11.1. The normalized spacial score (nSPS) is 10.7. The van der Waals surface area contributed by atoms with Crippen LogP contribution in [0.3, 0.4) is 0 Å². The van der Waals surface area contributed by atoms with Gasteiger partial charge < -0.3 is 9.84 Å². The molecule has 134 valence electrons. The average Bonchev–Trinajstić information content (AvgIpc) is 3.33. The summed E-state index contributed by atoms with van der Waals surface area (Å²) in [6, 6.07) is 21.2. The number of nitrogens with zero attached hydrogens (tertiary/aromatic N) is 3. The smallest absolute Gasteiger partial charge is 0.295 e. The maximum Gasteiger partial charge on any atom is 0.295 e. The number of carbonyl (C=O) groups is 1. The van der Waals surface area contributed by atoms with Gasteiger partial charge in [0.2, 0.25) is 5.76 Å². The first-order chi connectivity index (χ1) is 13.2. The molecule has 27 heavy (non-hydrogen) atoms. The van der Waals surface area contributed by atoms with E-state index in [4.69, 9.17) is 4.52 Å². The maximum absolute atomic E-state index is 12.5. The molecule has 2 aromatic carbocycles. The van der Waals surface area contributed by atoms with E-state index in [1.807, 2.05) is 61.5 Å².